The molecule has 0 aliphatic heterocycles. The molecule has 0 aromatic rings. The smallest absolute Gasteiger partial charge is 0.178 e. The molecule has 0 amide bonds. The van der Waals surface area contributed by atoms with E-state index in [1.807, 2.05) is 6.08 Å². The molecule has 0 aromatic heterocycles. The van der Waals surface area contributed by atoms with Gasteiger partial charge < -0.3 is 5.11 Å². The molecule has 4 rings (SSSR count). The van der Waals surface area contributed by atoms with Crippen LogP contribution in [0.1, 0.15) is 53.4 Å². The molecule has 0 aromatic carbocycles. The average Bonchev–Trinajstić information content (AvgIpc) is 2.71. The van der Waals surface area contributed by atoms with Crippen LogP contribution in [-0.4, -0.2) is 17.0 Å². The van der Waals surface area contributed by atoms with Crippen molar-refractivity contribution in [2.75, 3.05) is 0 Å². The standard InChI is InChI=1S/C21H30O2/c1-12-9-17-16-6-5-14-10-15(22)7-8-20(14,3)19(16)18(23)11-21(17,4)13(12)2/h7-8,10,12-13,16-19,23H,5-6,9,11H2,1-4H3. The quantitative estimate of drug-likeness (QED) is 0.729. The van der Waals surface area contributed by atoms with Crippen molar-refractivity contribution in [3.8, 4) is 0 Å². The molecule has 0 spiro atoms. The number of fused-ring (bicyclic) bond motifs is 5. The minimum atomic E-state index is -0.249. The van der Waals surface area contributed by atoms with Crippen LogP contribution in [0.25, 0.3) is 0 Å². The maximum atomic E-state index is 11.8. The summed E-state index contributed by atoms with van der Waals surface area (Å²) in [6.07, 6.45) is 9.83. The van der Waals surface area contributed by atoms with Gasteiger partial charge in [0.1, 0.15) is 0 Å². The topological polar surface area (TPSA) is 37.3 Å². The van der Waals surface area contributed by atoms with Gasteiger partial charge in [0.15, 0.2) is 5.78 Å². The van der Waals surface area contributed by atoms with Crippen LogP contribution in [0.4, 0.5) is 0 Å². The Morgan fingerprint density at radius 1 is 1.26 bits per heavy atom. The lowest BCUT2D eigenvalue weighted by atomic mass is 9.47. The fraction of sp³-hybridized carbons (Fsp3) is 0.762. The normalized spacial score (nSPS) is 55.0. The molecule has 8 atom stereocenters. The molecule has 3 saturated carbocycles. The SMILES string of the molecule is CC1CC2C3CCC4=CC(=O)C=CC4(C)C3C(O)CC2(C)C1C. The molecular weight excluding hydrogens is 284 g/mol. The second-order valence-electron chi connectivity index (χ2n) is 9.30. The largest absolute Gasteiger partial charge is 0.393 e. The molecule has 126 valence electrons. The highest BCUT2D eigenvalue weighted by Gasteiger charge is 2.61. The maximum Gasteiger partial charge on any atom is 0.178 e. The summed E-state index contributed by atoms with van der Waals surface area (Å²) in [5.41, 5.74) is 1.42. The van der Waals surface area contributed by atoms with Gasteiger partial charge in [-0.25, -0.2) is 0 Å². The van der Waals surface area contributed by atoms with Crippen LogP contribution in [0.2, 0.25) is 0 Å². The van der Waals surface area contributed by atoms with Crippen LogP contribution in [0.5, 0.6) is 0 Å². The van der Waals surface area contributed by atoms with E-state index in [0.717, 1.165) is 31.1 Å². The van der Waals surface area contributed by atoms with Crippen molar-refractivity contribution in [3.05, 3.63) is 23.8 Å². The third-order valence-electron chi connectivity index (χ3n) is 8.45. The van der Waals surface area contributed by atoms with E-state index in [0.29, 0.717) is 11.8 Å². The highest BCUT2D eigenvalue weighted by molar-refractivity contribution is 6.01. The summed E-state index contributed by atoms with van der Waals surface area (Å²) in [4.78, 5) is 11.8. The van der Waals surface area contributed by atoms with E-state index < -0.39 is 0 Å². The molecule has 8 unspecified atom stereocenters. The van der Waals surface area contributed by atoms with Crippen LogP contribution < -0.4 is 0 Å². The Kier molecular flexibility index (Phi) is 3.27. The van der Waals surface area contributed by atoms with Crippen LogP contribution in [0.15, 0.2) is 23.8 Å². The molecule has 4 aliphatic carbocycles. The highest BCUT2D eigenvalue weighted by Crippen LogP contribution is 2.66. The predicted molar refractivity (Wildman–Crippen MR) is 91.7 cm³/mol. The molecule has 23 heavy (non-hydrogen) atoms. The average molecular weight is 314 g/mol. The summed E-state index contributed by atoms with van der Waals surface area (Å²) in [6.45, 7) is 9.48. The van der Waals surface area contributed by atoms with Gasteiger partial charge in [0.25, 0.3) is 0 Å². The molecule has 4 aliphatic rings. The fourth-order valence-corrected chi connectivity index (χ4v) is 6.93. The van der Waals surface area contributed by atoms with Gasteiger partial charge in [-0.1, -0.05) is 39.3 Å². The number of rotatable bonds is 0. The van der Waals surface area contributed by atoms with E-state index in [-0.39, 0.29) is 28.6 Å². The Bertz CT molecular complexity index is 603. The van der Waals surface area contributed by atoms with Crippen molar-refractivity contribution in [2.24, 2.45) is 40.4 Å². The van der Waals surface area contributed by atoms with Crippen molar-refractivity contribution >= 4 is 5.78 Å². The summed E-state index contributed by atoms with van der Waals surface area (Å²) >= 11 is 0. The van der Waals surface area contributed by atoms with Crippen LogP contribution in [0, 0.1) is 40.4 Å². The third-order valence-corrected chi connectivity index (χ3v) is 8.45. The number of hydrogen-bond acceptors (Lipinski definition) is 2. The molecule has 3 fully saturated rings. The summed E-state index contributed by atoms with van der Waals surface area (Å²) in [5.74, 6) is 3.17. The minimum Gasteiger partial charge on any atom is -0.393 e. The highest BCUT2D eigenvalue weighted by atomic mass is 16.3. The Hall–Kier alpha value is -0.890. The monoisotopic (exact) mass is 314 g/mol. The zero-order valence-corrected chi connectivity index (χ0v) is 14.9. The summed E-state index contributed by atoms with van der Waals surface area (Å²) in [7, 11) is 0. The lowest BCUT2D eigenvalue weighted by molar-refractivity contribution is -0.117. The fourth-order valence-electron chi connectivity index (χ4n) is 6.93. The van der Waals surface area contributed by atoms with Crippen molar-refractivity contribution < 1.29 is 9.90 Å². The van der Waals surface area contributed by atoms with Gasteiger partial charge in [-0.2, -0.15) is 0 Å². The number of hydrogen-bond donors (Lipinski definition) is 1. The van der Waals surface area contributed by atoms with E-state index in [4.69, 9.17) is 0 Å². The molecule has 0 bridgehead atoms. The van der Waals surface area contributed by atoms with Crippen LogP contribution >= 0.6 is 0 Å². The molecule has 1 N–H and O–H groups in total. The van der Waals surface area contributed by atoms with Gasteiger partial charge in [0.2, 0.25) is 0 Å². The lowest BCUT2D eigenvalue weighted by Crippen LogP contribution is -2.55. The Labute approximate surface area is 140 Å². The van der Waals surface area contributed by atoms with Gasteiger partial charge >= 0.3 is 0 Å². The minimum absolute atomic E-state index is 0.118. The number of carbonyl (C=O) groups excluding carboxylic acids is 1. The third kappa shape index (κ3) is 1.94. The summed E-state index contributed by atoms with van der Waals surface area (Å²) in [6, 6.07) is 0. The number of aliphatic hydroxyl groups is 1. The first-order valence-corrected chi connectivity index (χ1v) is 9.39. The Balaban J connectivity index is 1.76. The van der Waals surface area contributed by atoms with Crippen molar-refractivity contribution in [2.45, 2.75) is 59.5 Å². The van der Waals surface area contributed by atoms with Crippen LogP contribution in [-0.2, 0) is 4.79 Å². The van der Waals surface area contributed by atoms with E-state index in [1.165, 1.54) is 12.0 Å². The second kappa shape index (κ2) is 4.81. The first-order valence-electron chi connectivity index (χ1n) is 9.39. The summed E-state index contributed by atoms with van der Waals surface area (Å²) in [5, 5.41) is 11.1. The van der Waals surface area contributed by atoms with Gasteiger partial charge in [-0.15, -0.1) is 0 Å². The van der Waals surface area contributed by atoms with Crippen molar-refractivity contribution in [3.63, 3.8) is 0 Å². The molecular formula is C21H30O2. The van der Waals surface area contributed by atoms with Crippen molar-refractivity contribution in [1.82, 2.24) is 0 Å². The second-order valence-corrected chi connectivity index (χ2v) is 9.30. The van der Waals surface area contributed by atoms with E-state index in [2.05, 4.69) is 33.8 Å². The van der Waals surface area contributed by atoms with Gasteiger partial charge in [0, 0.05) is 11.3 Å². The maximum absolute atomic E-state index is 11.8. The predicted octanol–water partition coefficient (Wildman–Crippen LogP) is 4.15. The Morgan fingerprint density at radius 2 is 2.00 bits per heavy atom. The van der Waals surface area contributed by atoms with Gasteiger partial charge in [-0.3, -0.25) is 4.79 Å². The molecule has 2 nitrogen and oxygen atoms in total. The Morgan fingerprint density at radius 3 is 2.74 bits per heavy atom. The molecule has 0 saturated heterocycles. The van der Waals surface area contributed by atoms with Crippen molar-refractivity contribution in [1.29, 1.82) is 0 Å². The molecule has 2 heteroatoms. The van der Waals surface area contributed by atoms with Gasteiger partial charge in [-0.05, 0) is 66.9 Å². The first kappa shape index (κ1) is 15.6. The zero-order chi connectivity index (χ0) is 16.6. The van der Waals surface area contributed by atoms with E-state index >= 15 is 0 Å². The summed E-state index contributed by atoms with van der Waals surface area (Å²) < 4.78 is 0. The molecule has 0 heterocycles. The number of allylic oxidation sites excluding steroid dienone is 4. The number of aliphatic hydroxyl groups excluding tert-OH is 1. The number of ketones is 1. The first-order chi connectivity index (χ1) is 10.8. The lowest BCUT2D eigenvalue weighted by Gasteiger charge is -2.58. The van der Waals surface area contributed by atoms with Crippen LogP contribution in [0.3, 0.4) is 0 Å². The molecule has 0 radical (unpaired) electrons. The van der Waals surface area contributed by atoms with Gasteiger partial charge in [0.05, 0.1) is 6.10 Å². The number of carbonyl (C=O) groups is 1. The van der Waals surface area contributed by atoms with E-state index in [1.54, 1.807) is 6.08 Å². The van der Waals surface area contributed by atoms with E-state index in [9.17, 15) is 9.90 Å². The zero-order valence-electron chi connectivity index (χ0n) is 14.9.